The lowest BCUT2D eigenvalue weighted by Crippen LogP contribution is -2.53. The van der Waals surface area contributed by atoms with Gasteiger partial charge < -0.3 is 10.0 Å². The zero-order valence-electron chi connectivity index (χ0n) is 11.9. The van der Waals surface area contributed by atoms with Gasteiger partial charge in [-0.2, -0.15) is 17.0 Å². The molecule has 0 aliphatic carbocycles. The zero-order valence-corrected chi connectivity index (χ0v) is 12.7. The number of aliphatic hydroxyl groups is 1. The summed E-state index contributed by atoms with van der Waals surface area (Å²) in [4.78, 5) is 2.29. The molecule has 2 fully saturated rings. The molecule has 2 aliphatic rings. The van der Waals surface area contributed by atoms with Crippen LogP contribution in [-0.4, -0.2) is 79.5 Å². The Morgan fingerprint density at radius 2 is 1.63 bits per heavy atom. The third-order valence-electron chi connectivity index (χ3n) is 4.16. The fourth-order valence-corrected chi connectivity index (χ4v) is 3.99. The highest BCUT2D eigenvalue weighted by Crippen LogP contribution is 2.26. The first-order chi connectivity index (χ1) is 8.83. The molecule has 112 valence electrons. The summed E-state index contributed by atoms with van der Waals surface area (Å²) < 4.78 is 26.7. The molecule has 0 aromatic carbocycles. The quantitative estimate of drug-likeness (QED) is 0.773. The van der Waals surface area contributed by atoms with E-state index in [1.807, 2.05) is 0 Å². The highest BCUT2D eigenvalue weighted by atomic mass is 32.2. The summed E-state index contributed by atoms with van der Waals surface area (Å²) in [5.74, 6) is 0. The lowest BCUT2D eigenvalue weighted by atomic mass is 9.92. The number of hydrogen-bond donors (Lipinski definition) is 1. The lowest BCUT2D eigenvalue weighted by molar-refractivity contribution is -0.0289. The molecule has 0 radical (unpaired) electrons. The number of rotatable bonds is 4. The summed E-state index contributed by atoms with van der Waals surface area (Å²) >= 11 is 0. The van der Waals surface area contributed by atoms with Crippen LogP contribution < -0.4 is 0 Å². The third-order valence-corrected chi connectivity index (χ3v) is 6.10. The maximum Gasteiger partial charge on any atom is 0.281 e. The Kier molecular flexibility index (Phi) is 4.52. The first-order valence-electron chi connectivity index (χ1n) is 6.96. The minimum absolute atomic E-state index is 0.408. The molecule has 0 unspecified atom stereocenters. The van der Waals surface area contributed by atoms with E-state index in [1.54, 1.807) is 14.1 Å². The smallest absolute Gasteiger partial charge is 0.281 e. The monoisotopic (exact) mass is 291 g/mol. The Balaban J connectivity index is 1.91. The zero-order chi connectivity index (χ0) is 14.1. The molecule has 0 aromatic rings. The van der Waals surface area contributed by atoms with E-state index in [9.17, 15) is 13.5 Å². The van der Waals surface area contributed by atoms with Gasteiger partial charge in [0.1, 0.15) is 0 Å². The van der Waals surface area contributed by atoms with Gasteiger partial charge in [0.05, 0.1) is 5.60 Å². The highest BCUT2D eigenvalue weighted by Gasteiger charge is 2.38. The van der Waals surface area contributed by atoms with Gasteiger partial charge in [-0.3, -0.25) is 0 Å². The summed E-state index contributed by atoms with van der Waals surface area (Å²) in [7, 11) is -0.251. The van der Waals surface area contributed by atoms with Crippen molar-refractivity contribution in [3.63, 3.8) is 0 Å². The van der Waals surface area contributed by atoms with Crippen LogP contribution in [-0.2, 0) is 10.2 Å². The van der Waals surface area contributed by atoms with Gasteiger partial charge in [-0.25, -0.2) is 0 Å². The Hall–Kier alpha value is -0.210. The fourth-order valence-electron chi connectivity index (χ4n) is 2.88. The maximum absolute atomic E-state index is 12.0. The predicted octanol–water partition coefficient (Wildman–Crippen LogP) is -0.284. The Labute approximate surface area is 116 Å². The number of hydrogen-bond acceptors (Lipinski definition) is 4. The molecule has 0 aromatic heterocycles. The third kappa shape index (κ3) is 3.46. The van der Waals surface area contributed by atoms with Crippen LogP contribution in [0.15, 0.2) is 0 Å². The van der Waals surface area contributed by atoms with Crippen molar-refractivity contribution in [3.05, 3.63) is 0 Å². The van der Waals surface area contributed by atoms with Crippen molar-refractivity contribution in [3.8, 4) is 0 Å². The molecule has 6 nitrogen and oxygen atoms in total. The molecule has 7 heteroatoms. The lowest BCUT2D eigenvalue weighted by Gasteiger charge is -2.40. The van der Waals surface area contributed by atoms with Crippen LogP contribution in [0.3, 0.4) is 0 Å². The van der Waals surface area contributed by atoms with Crippen molar-refractivity contribution >= 4 is 10.2 Å². The largest absolute Gasteiger partial charge is 0.388 e. The molecule has 2 heterocycles. The van der Waals surface area contributed by atoms with Gasteiger partial charge in [-0.05, 0) is 38.8 Å². The van der Waals surface area contributed by atoms with E-state index in [-0.39, 0.29) is 0 Å². The van der Waals surface area contributed by atoms with Gasteiger partial charge in [0.2, 0.25) is 0 Å². The minimum Gasteiger partial charge on any atom is -0.388 e. The molecule has 2 aliphatic heterocycles. The second-order valence-electron chi connectivity index (χ2n) is 5.90. The molecule has 19 heavy (non-hydrogen) atoms. The van der Waals surface area contributed by atoms with Crippen molar-refractivity contribution in [2.45, 2.75) is 31.3 Å². The predicted molar refractivity (Wildman–Crippen MR) is 74.0 cm³/mol. The molecule has 0 bridgehead atoms. The van der Waals surface area contributed by atoms with Crippen LogP contribution in [0.1, 0.15) is 25.7 Å². The highest BCUT2D eigenvalue weighted by molar-refractivity contribution is 7.86. The molecule has 2 rings (SSSR count). The van der Waals surface area contributed by atoms with Crippen molar-refractivity contribution in [2.75, 3.05) is 46.8 Å². The van der Waals surface area contributed by atoms with Crippen molar-refractivity contribution in [2.24, 2.45) is 0 Å². The number of β-amino-alcohol motifs (C(OH)–C–C–N with tert-alkyl or cyclic N) is 1. The van der Waals surface area contributed by atoms with Gasteiger partial charge >= 0.3 is 0 Å². The van der Waals surface area contributed by atoms with E-state index >= 15 is 0 Å². The SMILES string of the molecule is CN(C)S(=O)(=O)N1CCC(O)(CN2CCCC2)CC1. The molecule has 0 spiro atoms. The number of likely N-dealkylation sites (tertiary alicyclic amines) is 1. The van der Waals surface area contributed by atoms with Gasteiger partial charge in [-0.1, -0.05) is 0 Å². The fraction of sp³-hybridized carbons (Fsp3) is 1.00. The van der Waals surface area contributed by atoms with Crippen LogP contribution in [0.25, 0.3) is 0 Å². The molecule has 0 amide bonds. The summed E-state index contributed by atoms with van der Waals surface area (Å²) in [6, 6.07) is 0. The van der Waals surface area contributed by atoms with E-state index in [1.165, 1.54) is 21.5 Å². The Morgan fingerprint density at radius 1 is 1.11 bits per heavy atom. The van der Waals surface area contributed by atoms with Crippen molar-refractivity contribution in [1.82, 2.24) is 13.5 Å². The summed E-state index contributed by atoms with van der Waals surface area (Å²) in [5.41, 5.74) is -0.720. The molecule has 0 atom stereocenters. The summed E-state index contributed by atoms with van der Waals surface area (Å²) in [5, 5.41) is 10.6. The van der Waals surface area contributed by atoms with E-state index in [2.05, 4.69) is 4.90 Å². The van der Waals surface area contributed by atoms with Gasteiger partial charge in [0.15, 0.2) is 0 Å². The molecular weight excluding hydrogens is 266 g/mol. The van der Waals surface area contributed by atoms with Crippen molar-refractivity contribution < 1.29 is 13.5 Å². The normalized spacial score (nSPS) is 26.1. The first-order valence-corrected chi connectivity index (χ1v) is 8.36. The second-order valence-corrected chi connectivity index (χ2v) is 8.04. The first kappa shape index (κ1) is 15.2. The summed E-state index contributed by atoms with van der Waals surface area (Å²) in [6.45, 7) is 3.61. The Bertz CT molecular complexity index is 396. The molecule has 0 saturated carbocycles. The van der Waals surface area contributed by atoms with Gasteiger partial charge in [-0.15, -0.1) is 0 Å². The van der Waals surface area contributed by atoms with Crippen molar-refractivity contribution in [1.29, 1.82) is 0 Å². The van der Waals surface area contributed by atoms with E-state index in [0.29, 0.717) is 32.5 Å². The van der Waals surface area contributed by atoms with Crippen LogP contribution >= 0.6 is 0 Å². The van der Waals surface area contributed by atoms with Crippen LogP contribution in [0.2, 0.25) is 0 Å². The molecular formula is C12H25N3O3S. The number of nitrogens with zero attached hydrogens (tertiary/aromatic N) is 3. The van der Waals surface area contributed by atoms with E-state index in [0.717, 1.165) is 13.1 Å². The van der Waals surface area contributed by atoms with Crippen LogP contribution in [0.4, 0.5) is 0 Å². The average Bonchev–Trinajstić information content (AvgIpc) is 2.81. The average molecular weight is 291 g/mol. The van der Waals surface area contributed by atoms with Crippen LogP contribution in [0, 0.1) is 0 Å². The standard InChI is InChI=1S/C12H25N3O3S/c1-13(2)19(17,18)15-9-5-12(16,6-10-15)11-14-7-3-4-8-14/h16H,3-11H2,1-2H3. The van der Waals surface area contributed by atoms with Gasteiger partial charge in [0.25, 0.3) is 10.2 Å². The second kappa shape index (κ2) is 5.65. The van der Waals surface area contributed by atoms with Gasteiger partial charge in [0, 0.05) is 33.7 Å². The molecule has 2 saturated heterocycles. The Morgan fingerprint density at radius 3 is 2.11 bits per heavy atom. The van der Waals surface area contributed by atoms with E-state index < -0.39 is 15.8 Å². The van der Waals surface area contributed by atoms with E-state index in [4.69, 9.17) is 0 Å². The topological polar surface area (TPSA) is 64.1 Å². The summed E-state index contributed by atoms with van der Waals surface area (Å²) in [6.07, 6.45) is 3.46. The maximum atomic E-state index is 12.0. The van der Waals surface area contributed by atoms with Crippen LogP contribution in [0.5, 0.6) is 0 Å². The number of piperidine rings is 1. The minimum atomic E-state index is -3.34. The molecule has 1 N–H and O–H groups in total.